The maximum atomic E-state index is 12.3. The molecule has 2 aromatic carbocycles. The SMILES string of the molecule is N=Nc1cccc2c1C(=O)c1ccccc1C2=O. The molecular formula is C14H8N2O2. The van der Waals surface area contributed by atoms with Gasteiger partial charge in [0.05, 0.1) is 11.3 Å². The van der Waals surface area contributed by atoms with E-state index in [2.05, 4.69) is 5.11 Å². The van der Waals surface area contributed by atoms with Gasteiger partial charge in [0, 0.05) is 16.7 Å². The van der Waals surface area contributed by atoms with Gasteiger partial charge in [0.25, 0.3) is 0 Å². The number of nitrogens with zero attached hydrogens (tertiary/aromatic N) is 1. The third kappa shape index (κ3) is 1.26. The summed E-state index contributed by atoms with van der Waals surface area (Å²) in [6, 6.07) is 11.5. The molecule has 2 aromatic rings. The van der Waals surface area contributed by atoms with Crippen molar-refractivity contribution in [3.63, 3.8) is 0 Å². The van der Waals surface area contributed by atoms with Crippen LogP contribution in [-0.4, -0.2) is 11.6 Å². The molecule has 4 heteroatoms. The number of carbonyl (C=O) groups excluding carboxylic acids is 2. The van der Waals surface area contributed by atoms with Gasteiger partial charge in [0.15, 0.2) is 11.6 Å². The normalized spacial score (nSPS) is 12.9. The van der Waals surface area contributed by atoms with Crippen molar-refractivity contribution in [2.75, 3.05) is 0 Å². The highest BCUT2D eigenvalue weighted by Crippen LogP contribution is 2.32. The molecule has 0 amide bonds. The first kappa shape index (κ1) is 10.5. The maximum Gasteiger partial charge on any atom is 0.196 e. The molecule has 1 aliphatic rings. The van der Waals surface area contributed by atoms with E-state index in [4.69, 9.17) is 5.53 Å². The zero-order chi connectivity index (χ0) is 12.7. The molecule has 86 valence electrons. The summed E-state index contributed by atoms with van der Waals surface area (Å²) in [6.07, 6.45) is 0. The van der Waals surface area contributed by atoms with Gasteiger partial charge in [0.2, 0.25) is 0 Å². The van der Waals surface area contributed by atoms with E-state index in [0.29, 0.717) is 16.7 Å². The Morgan fingerprint density at radius 1 is 0.778 bits per heavy atom. The first-order valence-corrected chi connectivity index (χ1v) is 5.43. The fraction of sp³-hybridized carbons (Fsp3) is 0. The summed E-state index contributed by atoms with van der Waals surface area (Å²) in [6.45, 7) is 0. The molecule has 0 aromatic heterocycles. The second kappa shape index (κ2) is 3.70. The van der Waals surface area contributed by atoms with Gasteiger partial charge < -0.3 is 0 Å². The molecular weight excluding hydrogens is 228 g/mol. The summed E-state index contributed by atoms with van der Waals surface area (Å²) in [4.78, 5) is 24.6. The second-order valence-corrected chi connectivity index (χ2v) is 4.02. The van der Waals surface area contributed by atoms with Crippen LogP contribution < -0.4 is 0 Å². The minimum atomic E-state index is -0.244. The maximum absolute atomic E-state index is 12.3. The van der Waals surface area contributed by atoms with Crippen LogP contribution in [0, 0.1) is 5.53 Å². The third-order valence-corrected chi connectivity index (χ3v) is 3.05. The number of rotatable bonds is 1. The smallest absolute Gasteiger partial charge is 0.196 e. The highest BCUT2D eigenvalue weighted by Gasteiger charge is 2.31. The first-order chi connectivity index (χ1) is 8.74. The van der Waals surface area contributed by atoms with Crippen molar-refractivity contribution < 1.29 is 9.59 Å². The molecule has 0 radical (unpaired) electrons. The number of fused-ring (bicyclic) bond motifs is 2. The number of hydrogen-bond acceptors (Lipinski definition) is 4. The van der Waals surface area contributed by atoms with E-state index in [1.54, 1.807) is 42.5 Å². The van der Waals surface area contributed by atoms with Crippen molar-refractivity contribution >= 4 is 17.3 Å². The molecule has 0 unspecified atom stereocenters. The quantitative estimate of drug-likeness (QED) is 0.659. The monoisotopic (exact) mass is 236 g/mol. The lowest BCUT2D eigenvalue weighted by atomic mass is 9.83. The van der Waals surface area contributed by atoms with Crippen molar-refractivity contribution in [2.45, 2.75) is 0 Å². The fourth-order valence-electron chi connectivity index (χ4n) is 2.22. The molecule has 0 bridgehead atoms. The lowest BCUT2D eigenvalue weighted by molar-refractivity contribution is 0.0979. The first-order valence-electron chi connectivity index (χ1n) is 5.43. The predicted octanol–water partition coefficient (Wildman–Crippen LogP) is 3.12. The Balaban J connectivity index is 2.37. The second-order valence-electron chi connectivity index (χ2n) is 4.02. The van der Waals surface area contributed by atoms with E-state index < -0.39 is 0 Å². The fourth-order valence-corrected chi connectivity index (χ4v) is 2.22. The summed E-state index contributed by atoms with van der Waals surface area (Å²) < 4.78 is 0. The van der Waals surface area contributed by atoms with Gasteiger partial charge in [-0.2, -0.15) is 5.11 Å². The van der Waals surface area contributed by atoms with Gasteiger partial charge in [-0.25, -0.2) is 5.53 Å². The van der Waals surface area contributed by atoms with Crippen LogP contribution in [0.1, 0.15) is 31.8 Å². The van der Waals surface area contributed by atoms with Crippen molar-refractivity contribution in [3.05, 3.63) is 64.7 Å². The van der Waals surface area contributed by atoms with Crippen molar-refractivity contribution in [2.24, 2.45) is 5.11 Å². The van der Waals surface area contributed by atoms with E-state index >= 15 is 0 Å². The average Bonchev–Trinajstić information content (AvgIpc) is 2.44. The summed E-state index contributed by atoms with van der Waals surface area (Å²) in [5, 5.41) is 3.32. The minimum Gasteiger partial charge on any atom is -0.289 e. The van der Waals surface area contributed by atoms with Crippen LogP contribution in [-0.2, 0) is 0 Å². The molecule has 0 saturated carbocycles. The van der Waals surface area contributed by atoms with E-state index in [-0.39, 0.29) is 22.8 Å². The van der Waals surface area contributed by atoms with Gasteiger partial charge in [0.1, 0.15) is 0 Å². The molecule has 0 heterocycles. The molecule has 18 heavy (non-hydrogen) atoms. The third-order valence-electron chi connectivity index (χ3n) is 3.05. The van der Waals surface area contributed by atoms with Crippen LogP contribution >= 0.6 is 0 Å². The van der Waals surface area contributed by atoms with Gasteiger partial charge in [-0.05, 0) is 6.07 Å². The number of ketones is 2. The topological polar surface area (TPSA) is 70.3 Å². The average molecular weight is 236 g/mol. The Kier molecular flexibility index (Phi) is 2.16. The predicted molar refractivity (Wildman–Crippen MR) is 64.6 cm³/mol. The summed E-state index contributed by atoms with van der Waals surface area (Å²) in [5.41, 5.74) is 8.67. The van der Waals surface area contributed by atoms with Gasteiger partial charge >= 0.3 is 0 Å². The number of carbonyl (C=O) groups is 2. The largest absolute Gasteiger partial charge is 0.289 e. The van der Waals surface area contributed by atoms with Gasteiger partial charge in [-0.1, -0.05) is 36.4 Å². The van der Waals surface area contributed by atoms with Gasteiger partial charge in [-0.15, -0.1) is 0 Å². The Morgan fingerprint density at radius 2 is 1.39 bits per heavy atom. The summed E-state index contributed by atoms with van der Waals surface area (Å²) in [7, 11) is 0. The zero-order valence-corrected chi connectivity index (χ0v) is 9.31. The Hall–Kier alpha value is -2.62. The molecule has 0 atom stereocenters. The van der Waals surface area contributed by atoms with E-state index in [1.165, 1.54) is 0 Å². The van der Waals surface area contributed by atoms with Crippen LogP contribution in [0.15, 0.2) is 47.6 Å². The Morgan fingerprint density at radius 3 is 2.06 bits per heavy atom. The molecule has 1 aliphatic carbocycles. The summed E-state index contributed by atoms with van der Waals surface area (Å²) in [5.74, 6) is -0.433. The molecule has 0 spiro atoms. The van der Waals surface area contributed by atoms with Crippen LogP contribution in [0.5, 0.6) is 0 Å². The van der Waals surface area contributed by atoms with Crippen molar-refractivity contribution in [1.82, 2.24) is 0 Å². The van der Waals surface area contributed by atoms with Crippen LogP contribution in [0.3, 0.4) is 0 Å². The van der Waals surface area contributed by atoms with Crippen molar-refractivity contribution in [1.29, 1.82) is 5.53 Å². The van der Waals surface area contributed by atoms with E-state index in [0.717, 1.165) is 0 Å². The zero-order valence-electron chi connectivity index (χ0n) is 9.31. The number of benzene rings is 2. The molecule has 0 saturated heterocycles. The molecule has 0 aliphatic heterocycles. The highest BCUT2D eigenvalue weighted by atomic mass is 16.1. The lowest BCUT2D eigenvalue weighted by Crippen LogP contribution is -2.20. The Bertz CT molecular complexity index is 705. The standard InChI is InChI=1S/C14H8N2O2/c15-16-11-7-3-6-10-12(11)14(18)9-5-2-1-4-8(9)13(10)17/h1-7,15H. The number of hydrogen-bond donors (Lipinski definition) is 1. The van der Waals surface area contributed by atoms with E-state index in [9.17, 15) is 9.59 Å². The van der Waals surface area contributed by atoms with Crippen molar-refractivity contribution in [3.8, 4) is 0 Å². The lowest BCUT2D eigenvalue weighted by Gasteiger charge is -2.17. The molecule has 0 fully saturated rings. The van der Waals surface area contributed by atoms with E-state index in [1.807, 2.05) is 0 Å². The molecule has 4 nitrogen and oxygen atoms in total. The van der Waals surface area contributed by atoms with Crippen LogP contribution in [0.25, 0.3) is 0 Å². The highest BCUT2D eigenvalue weighted by molar-refractivity contribution is 6.29. The van der Waals surface area contributed by atoms with Gasteiger partial charge in [-0.3, -0.25) is 9.59 Å². The van der Waals surface area contributed by atoms with Crippen LogP contribution in [0.2, 0.25) is 0 Å². The minimum absolute atomic E-state index is 0.189. The molecule has 1 N–H and O–H groups in total. The number of nitrogens with one attached hydrogen (secondary N) is 1. The summed E-state index contributed by atoms with van der Waals surface area (Å²) >= 11 is 0. The Labute approximate surface area is 103 Å². The molecule has 3 rings (SSSR count). The van der Waals surface area contributed by atoms with Crippen LogP contribution in [0.4, 0.5) is 5.69 Å².